The summed E-state index contributed by atoms with van der Waals surface area (Å²) in [7, 11) is 4.91. The molecule has 0 spiro atoms. The van der Waals surface area contributed by atoms with Gasteiger partial charge in [-0.25, -0.2) is 4.68 Å². The molecule has 3 aromatic rings. The molecule has 1 atom stereocenters. The van der Waals surface area contributed by atoms with Crippen LogP contribution in [0.15, 0.2) is 53.3 Å². The maximum Gasteiger partial charge on any atom is 0.274 e. The van der Waals surface area contributed by atoms with Crippen molar-refractivity contribution in [2.45, 2.75) is 32.5 Å². The average Bonchev–Trinajstić information content (AvgIpc) is 3.46. The standard InChI is InChI=1S/C22H27N3O5/c1-16(10-11-17-7-6-14-29-17)24(2)22(26)18-12-13-25(23-18)15-30-21-19(27-3)8-5-9-20(21)28-4/h5-9,12-14,16H,10-11,15H2,1-4H3. The third-order valence-electron chi connectivity index (χ3n) is 4.95. The predicted octanol–water partition coefficient (Wildman–Crippen LogP) is 3.62. The largest absolute Gasteiger partial charge is 0.493 e. The van der Waals surface area contributed by atoms with E-state index in [0.717, 1.165) is 18.6 Å². The molecule has 0 aliphatic carbocycles. The molecule has 3 rings (SSSR count). The minimum atomic E-state index is -0.143. The molecule has 0 aliphatic heterocycles. The van der Waals surface area contributed by atoms with Crippen molar-refractivity contribution >= 4 is 5.91 Å². The second kappa shape index (κ2) is 9.87. The molecule has 0 fully saturated rings. The average molecular weight is 413 g/mol. The summed E-state index contributed by atoms with van der Waals surface area (Å²) in [6, 6.07) is 10.9. The molecule has 160 valence electrons. The van der Waals surface area contributed by atoms with Gasteiger partial charge in [-0.3, -0.25) is 4.79 Å². The SMILES string of the molecule is COc1cccc(OC)c1OCn1ccc(C(=O)N(C)C(C)CCc2ccco2)n1. The fourth-order valence-corrected chi connectivity index (χ4v) is 3.02. The van der Waals surface area contributed by atoms with Gasteiger partial charge >= 0.3 is 0 Å². The molecule has 1 unspecified atom stereocenters. The van der Waals surface area contributed by atoms with Crippen LogP contribution in [-0.4, -0.2) is 47.9 Å². The molecule has 0 bridgehead atoms. The smallest absolute Gasteiger partial charge is 0.274 e. The van der Waals surface area contributed by atoms with E-state index in [1.807, 2.05) is 25.1 Å². The number of furan rings is 1. The topological polar surface area (TPSA) is 79.0 Å². The zero-order valence-corrected chi connectivity index (χ0v) is 17.7. The van der Waals surface area contributed by atoms with Crippen LogP contribution in [-0.2, 0) is 13.2 Å². The highest BCUT2D eigenvalue weighted by Crippen LogP contribution is 2.36. The van der Waals surface area contributed by atoms with Crippen LogP contribution in [0.25, 0.3) is 0 Å². The molecule has 0 saturated carbocycles. The second-order valence-corrected chi connectivity index (χ2v) is 6.89. The number of rotatable bonds is 10. The van der Waals surface area contributed by atoms with E-state index in [2.05, 4.69) is 5.10 Å². The summed E-state index contributed by atoms with van der Waals surface area (Å²) in [5.74, 6) is 2.37. The molecule has 0 saturated heterocycles. The van der Waals surface area contributed by atoms with E-state index in [0.29, 0.717) is 22.9 Å². The number of aryl methyl sites for hydroxylation is 1. The molecule has 30 heavy (non-hydrogen) atoms. The maximum atomic E-state index is 12.8. The maximum absolute atomic E-state index is 12.8. The predicted molar refractivity (Wildman–Crippen MR) is 111 cm³/mol. The van der Waals surface area contributed by atoms with Crippen LogP contribution in [0.5, 0.6) is 17.2 Å². The first-order valence-electron chi connectivity index (χ1n) is 9.70. The quantitative estimate of drug-likeness (QED) is 0.505. The van der Waals surface area contributed by atoms with Crippen molar-refractivity contribution in [1.29, 1.82) is 0 Å². The van der Waals surface area contributed by atoms with E-state index in [1.165, 1.54) is 0 Å². The van der Waals surface area contributed by atoms with Crippen LogP contribution < -0.4 is 14.2 Å². The Morgan fingerprint density at radius 2 is 1.90 bits per heavy atom. The summed E-state index contributed by atoms with van der Waals surface area (Å²) in [4.78, 5) is 14.5. The lowest BCUT2D eigenvalue weighted by atomic mass is 10.1. The number of para-hydroxylation sites is 1. The lowest BCUT2D eigenvalue weighted by Gasteiger charge is -2.23. The van der Waals surface area contributed by atoms with Crippen molar-refractivity contribution in [1.82, 2.24) is 14.7 Å². The highest BCUT2D eigenvalue weighted by Gasteiger charge is 2.20. The van der Waals surface area contributed by atoms with Gasteiger partial charge in [0, 0.05) is 25.7 Å². The Morgan fingerprint density at radius 1 is 1.17 bits per heavy atom. The summed E-state index contributed by atoms with van der Waals surface area (Å²) < 4.78 is 23.4. The Balaban J connectivity index is 1.59. The third-order valence-corrected chi connectivity index (χ3v) is 4.95. The Morgan fingerprint density at radius 3 is 2.53 bits per heavy atom. The molecule has 0 aliphatic rings. The van der Waals surface area contributed by atoms with Gasteiger partial charge in [0.1, 0.15) is 5.76 Å². The Bertz CT molecular complexity index is 929. The minimum absolute atomic E-state index is 0.0434. The zero-order valence-electron chi connectivity index (χ0n) is 17.7. The van der Waals surface area contributed by atoms with Crippen molar-refractivity contribution in [3.05, 3.63) is 60.3 Å². The van der Waals surface area contributed by atoms with Gasteiger partial charge in [0.2, 0.25) is 5.75 Å². The Labute approximate surface area is 175 Å². The summed E-state index contributed by atoms with van der Waals surface area (Å²) in [6.45, 7) is 2.12. The molecule has 8 heteroatoms. The van der Waals surface area contributed by atoms with Crippen LogP contribution in [0.4, 0.5) is 0 Å². The summed E-state index contributed by atoms with van der Waals surface area (Å²) in [5, 5.41) is 4.35. The molecule has 0 N–H and O–H groups in total. The van der Waals surface area contributed by atoms with Crippen molar-refractivity contribution in [2.75, 3.05) is 21.3 Å². The normalized spacial score (nSPS) is 11.7. The van der Waals surface area contributed by atoms with Gasteiger partial charge in [-0.05, 0) is 43.7 Å². The summed E-state index contributed by atoms with van der Waals surface area (Å²) >= 11 is 0. The van der Waals surface area contributed by atoms with E-state index >= 15 is 0 Å². The first kappa shape index (κ1) is 21.3. The molecule has 2 heterocycles. The zero-order chi connectivity index (χ0) is 21.5. The van der Waals surface area contributed by atoms with E-state index in [1.54, 1.807) is 61.5 Å². The molecule has 1 aromatic carbocycles. The van der Waals surface area contributed by atoms with Gasteiger partial charge in [0.15, 0.2) is 23.9 Å². The first-order chi connectivity index (χ1) is 14.5. The summed E-state index contributed by atoms with van der Waals surface area (Å²) in [5.41, 5.74) is 0.359. The van der Waals surface area contributed by atoms with Crippen LogP contribution in [0.3, 0.4) is 0 Å². The van der Waals surface area contributed by atoms with Gasteiger partial charge in [-0.15, -0.1) is 0 Å². The molecule has 0 radical (unpaired) electrons. The third kappa shape index (κ3) is 4.94. The lowest BCUT2D eigenvalue weighted by molar-refractivity contribution is 0.0728. The number of amides is 1. The number of methoxy groups -OCH3 is 2. The van der Waals surface area contributed by atoms with Crippen molar-refractivity contribution < 1.29 is 23.4 Å². The van der Waals surface area contributed by atoms with Gasteiger partial charge < -0.3 is 23.5 Å². The number of ether oxygens (including phenoxy) is 3. The fourth-order valence-electron chi connectivity index (χ4n) is 3.02. The number of aromatic nitrogens is 2. The molecular formula is C22H27N3O5. The van der Waals surface area contributed by atoms with Crippen LogP contribution in [0.2, 0.25) is 0 Å². The van der Waals surface area contributed by atoms with Crippen LogP contribution in [0, 0.1) is 0 Å². The van der Waals surface area contributed by atoms with E-state index in [4.69, 9.17) is 18.6 Å². The van der Waals surface area contributed by atoms with Crippen molar-refractivity contribution in [2.24, 2.45) is 0 Å². The first-order valence-corrected chi connectivity index (χ1v) is 9.70. The van der Waals surface area contributed by atoms with E-state index < -0.39 is 0 Å². The number of benzene rings is 1. The highest BCUT2D eigenvalue weighted by atomic mass is 16.5. The highest BCUT2D eigenvalue weighted by molar-refractivity contribution is 5.92. The van der Waals surface area contributed by atoms with Crippen molar-refractivity contribution in [3.8, 4) is 17.2 Å². The fraction of sp³-hybridized carbons (Fsp3) is 0.364. The second-order valence-electron chi connectivity index (χ2n) is 6.89. The molecule has 2 aromatic heterocycles. The lowest BCUT2D eigenvalue weighted by Crippen LogP contribution is -2.35. The van der Waals surface area contributed by atoms with E-state index in [-0.39, 0.29) is 18.7 Å². The Kier molecular flexibility index (Phi) is 7.00. The molecule has 1 amide bonds. The number of hydrogen-bond donors (Lipinski definition) is 0. The van der Waals surface area contributed by atoms with Crippen LogP contribution in [0.1, 0.15) is 29.6 Å². The minimum Gasteiger partial charge on any atom is -0.493 e. The number of carbonyl (C=O) groups excluding carboxylic acids is 1. The van der Waals surface area contributed by atoms with Gasteiger partial charge in [-0.2, -0.15) is 5.10 Å². The number of hydrogen-bond acceptors (Lipinski definition) is 6. The monoisotopic (exact) mass is 413 g/mol. The number of carbonyl (C=O) groups is 1. The van der Waals surface area contributed by atoms with Crippen molar-refractivity contribution in [3.63, 3.8) is 0 Å². The van der Waals surface area contributed by atoms with Crippen LogP contribution >= 0.6 is 0 Å². The van der Waals surface area contributed by atoms with Gasteiger partial charge in [0.05, 0.1) is 20.5 Å². The Hall–Kier alpha value is -3.42. The van der Waals surface area contributed by atoms with Gasteiger partial charge in [0.25, 0.3) is 5.91 Å². The number of nitrogens with zero attached hydrogens (tertiary/aromatic N) is 3. The summed E-state index contributed by atoms with van der Waals surface area (Å²) in [6.07, 6.45) is 4.93. The molecule has 8 nitrogen and oxygen atoms in total. The molecular weight excluding hydrogens is 386 g/mol. The van der Waals surface area contributed by atoms with E-state index in [9.17, 15) is 4.79 Å². The van der Waals surface area contributed by atoms with Gasteiger partial charge in [-0.1, -0.05) is 6.07 Å².